The first-order valence-electron chi connectivity index (χ1n) is 10.8. The zero-order valence-electron chi connectivity index (χ0n) is 18.8. The van der Waals surface area contributed by atoms with Crippen molar-refractivity contribution in [2.75, 3.05) is 44.2 Å². The minimum atomic E-state index is -5.02. The third-order valence-electron chi connectivity index (χ3n) is 6.06. The molecule has 2 aliphatic rings. The number of halogens is 8. The number of likely N-dealkylation sites (tertiary alicyclic amines) is 1. The molecule has 2 aliphatic heterocycles. The summed E-state index contributed by atoms with van der Waals surface area (Å²) in [5.41, 5.74) is -4.55. The first-order valence-corrected chi connectivity index (χ1v) is 10.8. The van der Waals surface area contributed by atoms with Crippen molar-refractivity contribution in [2.24, 2.45) is 0 Å². The Morgan fingerprint density at radius 3 is 2.22 bits per heavy atom. The summed E-state index contributed by atoms with van der Waals surface area (Å²) >= 11 is 0. The van der Waals surface area contributed by atoms with E-state index in [1.54, 1.807) is 10.00 Å². The molecule has 4 heterocycles. The third-order valence-corrected chi connectivity index (χ3v) is 6.06. The smallest absolute Gasteiger partial charge is 0.338 e. The van der Waals surface area contributed by atoms with Gasteiger partial charge in [-0.2, -0.15) is 31.4 Å². The Hall–Kier alpha value is -3.37. The van der Waals surface area contributed by atoms with Crippen molar-refractivity contribution in [3.63, 3.8) is 0 Å². The molecule has 2 fully saturated rings. The van der Waals surface area contributed by atoms with Gasteiger partial charge in [-0.05, 0) is 6.07 Å². The number of nitrogens with one attached hydrogen (secondary N) is 1. The second-order valence-corrected chi connectivity index (χ2v) is 8.65. The second kappa shape index (κ2) is 9.50. The van der Waals surface area contributed by atoms with Crippen LogP contribution in [0.5, 0.6) is 0 Å². The molecule has 0 spiro atoms. The molecule has 0 aromatic carbocycles. The molecular formula is C20H19F8N7O2. The predicted octanol–water partition coefficient (Wildman–Crippen LogP) is 2.33. The number of aromatic nitrogens is 4. The molecule has 1 unspecified atom stereocenters. The number of hydrogen-bond donors (Lipinski definition) is 1. The van der Waals surface area contributed by atoms with Crippen LogP contribution in [0.25, 0.3) is 0 Å². The van der Waals surface area contributed by atoms with Crippen LogP contribution in [0.4, 0.5) is 41.1 Å². The number of H-pyrrole nitrogens is 1. The summed E-state index contributed by atoms with van der Waals surface area (Å²) in [5.74, 6) is -3.85. The van der Waals surface area contributed by atoms with E-state index < -0.39 is 72.1 Å². The third kappa shape index (κ3) is 5.97. The zero-order chi connectivity index (χ0) is 27.2. The first-order chi connectivity index (χ1) is 17.1. The molecule has 0 saturated carbocycles. The van der Waals surface area contributed by atoms with Crippen LogP contribution in [0.1, 0.15) is 29.3 Å². The molecule has 1 amide bonds. The van der Waals surface area contributed by atoms with Gasteiger partial charge in [0, 0.05) is 45.0 Å². The highest BCUT2D eigenvalue weighted by molar-refractivity contribution is 5.78. The topological polar surface area (TPSA) is 98.3 Å². The number of alkyl halides is 8. The van der Waals surface area contributed by atoms with Crippen LogP contribution in [0.15, 0.2) is 23.3 Å². The average molecular weight is 541 g/mol. The van der Waals surface area contributed by atoms with E-state index in [0.717, 1.165) is 4.90 Å². The number of hydrogen-bond acceptors (Lipinski definition) is 7. The molecule has 17 heteroatoms. The lowest BCUT2D eigenvalue weighted by molar-refractivity contribution is -0.139. The fourth-order valence-corrected chi connectivity index (χ4v) is 4.20. The lowest BCUT2D eigenvalue weighted by Gasteiger charge is -2.36. The van der Waals surface area contributed by atoms with Gasteiger partial charge in [0.15, 0.2) is 0 Å². The van der Waals surface area contributed by atoms with E-state index >= 15 is 0 Å². The fourth-order valence-electron chi connectivity index (χ4n) is 4.20. The maximum atomic E-state index is 14.2. The van der Waals surface area contributed by atoms with Crippen LogP contribution in [0.3, 0.4) is 0 Å². The van der Waals surface area contributed by atoms with Gasteiger partial charge in [-0.15, -0.1) is 0 Å². The van der Waals surface area contributed by atoms with Gasteiger partial charge < -0.3 is 9.80 Å². The normalized spacial score (nSPS) is 20.9. The van der Waals surface area contributed by atoms with E-state index in [1.807, 2.05) is 0 Å². The molecule has 1 atom stereocenters. The number of rotatable bonds is 4. The Labute approximate surface area is 203 Å². The summed E-state index contributed by atoms with van der Waals surface area (Å²) in [6, 6.07) is -0.940. The molecule has 4 rings (SSSR count). The maximum Gasteiger partial charge on any atom is 0.421 e. The Balaban J connectivity index is 1.41. The van der Waals surface area contributed by atoms with E-state index in [9.17, 15) is 44.7 Å². The lowest BCUT2D eigenvalue weighted by Crippen LogP contribution is -2.51. The van der Waals surface area contributed by atoms with Crippen LogP contribution in [0, 0.1) is 0 Å². The summed E-state index contributed by atoms with van der Waals surface area (Å²) in [5, 5.41) is 5.18. The van der Waals surface area contributed by atoms with Gasteiger partial charge in [0.25, 0.3) is 11.5 Å². The van der Waals surface area contributed by atoms with Crippen LogP contribution in [-0.2, 0) is 17.1 Å². The highest BCUT2D eigenvalue weighted by Gasteiger charge is 2.48. The maximum absolute atomic E-state index is 14.2. The van der Waals surface area contributed by atoms with Crippen molar-refractivity contribution < 1.29 is 39.9 Å². The molecule has 2 aromatic heterocycles. The van der Waals surface area contributed by atoms with Gasteiger partial charge in [-0.25, -0.2) is 23.8 Å². The molecule has 0 bridgehead atoms. The quantitative estimate of drug-likeness (QED) is 0.594. The zero-order valence-corrected chi connectivity index (χ0v) is 18.8. The molecule has 202 valence electrons. The summed E-state index contributed by atoms with van der Waals surface area (Å²) in [4.78, 5) is 35.6. The summed E-state index contributed by atoms with van der Waals surface area (Å²) < 4.78 is 106. The van der Waals surface area contributed by atoms with Gasteiger partial charge in [-0.1, -0.05) is 0 Å². The SMILES string of the molecule is O=C(CN1CC(F)(F)CC1c1cc(C(F)(F)F)c(=O)[nH]n1)N1CCN(c2ncc(C(F)(F)F)cn2)CC1. The number of carbonyl (C=O) groups is 1. The van der Waals surface area contributed by atoms with Crippen molar-refractivity contribution in [1.82, 2.24) is 30.0 Å². The van der Waals surface area contributed by atoms with Crippen LogP contribution < -0.4 is 10.5 Å². The van der Waals surface area contributed by atoms with E-state index in [1.165, 1.54) is 4.90 Å². The number of anilines is 1. The Kier molecular flexibility index (Phi) is 6.85. The molecule has 0 aliphatic carbocycles. The van der Waals surface area contributed by atoms with Crippen molar-refractivity contribution in [2.45, 2.75) is 30.7 Å². The number of carbonyl (C=O) groups excluding carboxylic acids is 1. The summed E-state index contributed by atoms with van der Waals surface area (Å²) in [6.45, 7) is -0.940. The largest absolute Gasteiger partial charge is 0.421 e. The Morgan fingerprint density at radius 1 is 1.03 bits per heavy atom. The Bertz CT molecular complexity index is 1190. The minimum Gasteiger partial charge on any atom is -0.338 e. The predicted molar refractivity (Wildman–Crippen MR) is 110 cm³/mol. The standard InChI is InChI=1S/C20H19F8N7O2/c21-18(22)6-14(13-5-12(20(26,27)28)16(37)32-31-13)35(10-18)9-15(36)33-1-3-34(4-2-33)17-29-7-11(8-30-17)19(23,24)25/h5,7-8,14H,1-4,6,9-10H2,(H,32,37). The average Bonchev–Trinajstić information content (AvgIpc) is 3.12. The number of piperazine rings is 1. The highest BCUT2D eigenvalue weighted by atomic mass is 19.4. The second-order valence-electron chi connectivity index (χ2n) is 8.65. The molecule has 2 saturated heterocycles. The number of amides is 1. The van der Waals surface area contributed by atoms with Crippen LogP contribution in [-0.4, -0.2) is 81.1 Å². The van der Waals surface area contributed by atoms with E-state index in [0.29, 0.717) is 18.5 Å². The molecule has 9 nitrogen and oxygen atoms in total. The van der Waals surface area contributed by atoms with E-state index in [4.69, 9.17) is 0 Å². The van der Waals surface area contributed by atoms with Crippen molar-refractivity contribution in [3.05, 3.63) is 45.6 Å². The van der Waals surface area contributed by atoms with Crippen molar-refractivity contribution in [1.29, 1.82) is 0 Å². The summed E-state index contributed by atoms with van der Waals surface area (Å²) in [7, 11) is 0. The van der Waals surface area contributed by atoms with Gasteiger partial charge in [0.05, 0.1) is 30.4 Å². The van der Waals surface area contributed by atoms with Crippen molar-refractivity contribution >= 4 is 11.9 Å². The Morgan fingerprint density at radius 2 is 1.65 bits per heavy atom. The lowest BCUT2D eigenvalue weighted by atomic mass is 10.1. The van der Waals surface area contributed by atoms with Gasteiger partial charge in [0.1, 0.15) is 5.56 Å². The number of nitrogens with zero attached hydrogens (tertiary/aromatic N) is 6. The molecule has 0 radical (unpaired) electrons. The highest BCUT2D eigenvalue weighted by Crippen LogP contribution is 2.41. The van der Waals surface area contributed by atoms with Crippen molar-refractivity contribution in [3.8, 4) is 0 Å². The summed E-state index contributed by atoms with van der Waals surface area (Å²) in [6.07, 6.45) is -9.23. The monoisotopic (exact) mass is 541 g/mol. The molecule has 1 N–H and O–H groups in total. The van der Waals surface area contributed by atoms with E-state index in [-0.39, 0.29) is 32.1 Å². The van der Waals surface area contributed by atoms with Gasteiger partial charge in [-0.3, -0.25) is 14.5 Å². The van der Waals surface area contributed by atoms with Gasteiger partial charge >= 0.3 is 12.4 Å². The molecule has 2 aromatic rings. The molecule has 37 heavy (non-hydrogen) atoms. The van der Waals surface area contributed by atoms with Gasteiger partial charge in [0.2, 0.25) is 11.9 Å². The first kappa shape index (κ1) is 26.7. The minimum absolute atomic E-state index is 0.0314. The van der Waals surface area contributed by atoms with Crippen LogP contribution >= 0.6 is 0 Å². The fraction of sp³-hybridized carbons (Fsp3) is 0.550. The molecular weight excluding hydrogens is 522 g/mol. The number of aromatic amines is 1. The van der Waals surface area contributed by atoms with E-state index in [2.05, 4.69) is 15.1 Å². The van der Waals surface area contributed by atoms with Crippen LogP contribution in [0.2, 0.25) is 0 Å².